The van der Waals surface area contributed by atoms with Gasteiger partial charge in [-0.2, -0.15) is 0 Å². The number of nitrogens with two attached hydrogens (primary N) is 1. The predicted octanol–water partition coefficient (Wildman–Crippen LogP) is 4.05. The third kappa shape index (κ3) is 2.18. The van der Waals surface area contributed by atoms with Crippen molar-refractivity contribution in [2.75, 3.05) is 5.73 Å². The molecular formula is C16H12FNOS. The van der Waals surface area contributed by atoms with E-state index in [0.29, 0.717) is 0 Å². The van der Waals surface area contributed by atoms with Crippen LogP contribution >= 0.6 is 11.3 Å². The van der Waals surface area contributed by atoms with Crippen LogP contribution in [-0.4, -0.2) is 5.78 Å². The van der Waals surface area contributed by atoms with Gasteiger partial charge in [0.2, 0.25) is 0 Å². The molecule has 0 aliphatic rings. The van der Waals surface area contributed by atoms with Crippen molar-refractivity contribution < 1.29 is 9.18 Å². The normalized spacial score (nSPS) is 10.8. The molecule has 1 heterocycles. The van der Waals surface area contributed by atoms with E-state index in [4.69, 9.17) is 5.73 Å². The van der Waals surface area contributed by atoms with Crippen molar-refractivity contribution in [2.45, 2.75) is 6.42 Å². The Bertz CT molecular complexity index is 794. The third-order valence-corrected chi connectivity index (χ3v) is 4.28. The smallest absolute Gasteiger partial charge is 0.169 e. The van der Waals surface area contributed by atoms with Crippen LogP contribution in [0.3, 0.4) is 0 Å². The standard InChI is InChI=1S/C16H12FNOS/c17-13-6-3-5-12(16(13)18)14(19)8-10-9-20-15-7-2-1-4-11(10)15/h1-7,9H,8,18H2. The summed E-state index contributed by atoms with van der Waals surface area (Å²) < 4.78 is 14.5. The average molecular weight is 285 g/mol. The Hall–Kier alpha value is -2.20. The number of carbonyl (C=O) groups excluding carboxylic acids is 1. The van der Waals surface area contributed by atoms with E-state index in [2.05, 4.69) is 0 Å². The molecule has 0 saturated heterocycles. The van der Waals surface area contributed by atoms with Gasteiger partial charge in [0.1, 0.15) is 5.82 Å². The minimum atomic E-state index is -0.550. The van der Waals surface area contributed by atoms with Gasteiger partial charge < -0.3 is 5.73 Å². The van der Waals surface area contributed by atoms with E-state index in [1.54, 1.807) is 17.4 Å². The zero-order valence-electron chi connectivity index (χ0n) is 10.6. The SMILES string of the molecule is Nc1c(F)cccc1C(=O)Cc1csc2ccccc12. The van der Waals surface area contributed by atoms with Crippen molar-refractivity contribution in [1.82, 2.24) is 0 Å². The van der Waals surface area contributed by atoms with E-state index < -0.39 is 5.82 Å². The molecule has 0 amide bonds. The summed E-state index contributed by atoms with van der Waals surface area (Å²) in [6.45, 7) is 0. The van der Waals surface area contributed by atoms with Gasteiger partial charge in [0, 0.05) is 16.7 Å². The van der Waals surface area contributed by atoms with Gasteiger partial charge in [-0.1, -0.05) is 24.3 Å². The van der Waals surface area contributed by atoms with Gasteiger partial charge in [0.25, 0.3) is 0 Å². The maximum absolute atomic E-state index is 13.4. The summed E-state index contributed by atoms with van der Waals surface area (Å²) in [6.07, 6.45) is 0.234. The first-order valence-corrected chi connectivity index (χ1v) is 7.07. The highest BCUT2D eigenvalue weighted by molar-refractivity contribution is 7.17. The maximum Gasteiger partial charge on any atom is 0.169 e. The van der Waals surface area contributed by atoms with Gasteiger partial charge in [-0.05, 0) is 34.5 Å². The van der Waals surface area contributed by atoms with Crippen molar-refractivity contribution >= 4 is 32.9 Å². The van der Waals surface area contributed by atoms with Crippen LogP contribution in [0, 0.1) is 5.82 Å². The second kappa shape index (κ2) is 5.06. The molecule has 2 nitrogen and oxygen atoms in total. The minimum absolute atomic E-state index is 0.0722. The average Bonchev–Trinajstić information content (AvgIpc) is 2.85. The fraction of sp³-hybridized carbons (Fsp3) is 0.0625. The lowest BCUT2D eigenvalue weighted by Crippen LogP contribution is -2.08. The summed E-state index contributed by atoms with van der Waals surface area (Å²) >= 11 is 1.60. The van der Waals surface area contributed by atoms with E-state index in [9.17, 15) is 9.18 Å². The van der Waals surface area contributed by atoms with Gasteiger partial charge in [0.05, 0.1) is 5.69 Å². The second-order valence-corrected chi connectivity index (χ2v) is 5.47. The number of para-hydroxylation sites is 1. The Labute approximate surface area is 119 Å². The van der Waals surface area contributed by atoms with Crippen LogP contribution in [0.1, 0.15) is 15.9 Å². The van der Waals surface area contributed by atoms with Crippen LogP contribution in [-0.2, 0) is 6.42 Å². The quantitative estimate of drug-likeness (QED) is 0.583. The van der Waals surface area contributed by atoms with Crippen LogP contribution < -0.4 is 5.73 Å². The number of benzene rings is 2. The van der Waals surface area contributed by atoms with E-state index in [1.165, 1.54) is 12.1 Å². The first-order valence-electron chi connectivity index (χ1n) is 6.19. The van der Waals surface area contributed by atoms with Crippen LogP contribution in [0.5, 0.6) is 0 Å². The number of fused-ring (bicyclic) bond motifs is 1. The lowest BCUT2D eigenvalue weighted by atomic mass is 10.0. The Kier molecular flexibility index (Phi) is 3.24. The summed E-state index contributed by atoms with van der Waals surface area (Å²) in [6, 6.07) is 12.2. The molecule has 0 fully saturated rings. The lowest BCUT2D eigenvalue weighted by Gasteiger charge is -2.05. The summed E-state index contributed by atoms with van der Waals surface area (Å²) in [5, 5.41) is 3.04. The molecule has 0 aliphatic heterocycles. The van der Waals surface area contributed by atoms with Crippen molar-refractivity contribution in [3.63, 3.8) is 0 Å². The van der Waals surface area contributed by atoms with E-state index in [1.807, 2.05) is 29.6 Å². The summed E-state index contributed by atoms with van der Waals surface area (Å²) in [5.74, 6) is -0.712. The zero-order chi connectivity index (χ0) is 14.1. The Morgan fingerprint density at radius 1 is 1.15 bits per heavy atom. The molecule has 0 bridgehead atoms. The van der Waals surface area contributed by atoms with Crippen molar-refractivity contribution in [3.8, 4) is 0 Å². The van der Waals surface area contributed by atoms with Gasteiger partial charge >= 0.3 is 0 Å². The number of thiophene rings is 1. The van der Waals surface area contributed by atoms with Crippen molar-refractivity contribution in [2.24, 2.45) is 0 Å². The zero-order valence-corrected chi connectivity index (χ0v) is 11.4. The number of ketones is 1. The molecule has 2 N–H and O–H groups in total. The minimum Gasteiger partial charge on any atom is -0.396 e. The fourth-order valence-electron chi connectivity index (χ4n) is 2.22. The van der Waals surface area contributed by atoms with Crippen LogP contribution in [0.25, 0.3) is 10.1 Å². The lowest BCUT2D eigenvalue weighted by molar-refractivity contribution is 0.0994. The summed E-state index contributed by atoms with van der Waals surface area (Å²) in [7, 11) is 0. The van der Waals surface area contributed by atoms with E-state index >= 15 is 0 Å². The third-order valence-electron chi connectivity index (χ3n) is 3.27. The van der Waals surface area contributed by atoms with Crippen molar-refractivity contribution in [3.05, 3.63) is 64.8 Å². The van der Waals surface area contributed by atoms with Crippen LogP contribution in [0.15, 0.2) is 47.8 Å². The first-order chi connectivity index (χ1) is 9.66. The largest absolute Gasteiger partial charge is 0.396 e. The van der Waals surface area contributed by atoms with Crippen LogP contribution in [0.4, 0.5) is 10.1 Å². The van der Waals surface area contributed by atoms with Gasteiger partial charge in [-0.15, -0.1) is 11.3 Å². The van der Waals surface area contributed by atoms with Gasteiger partial charge in [-0.25, -0.2) is 4.39 Å². The molecule has 4 heteroatoms. The number of anilines is 1. The van der Waals surface area contributed by atoms with Crippen LogP contribution in [0.2, 0.25) is 0 Å². The Morgan fingerprint density at radius 3 is 2.80 bits per heavy atom. The molecule has 2 aromatic carbocycles. The second-order valence-electron chi connectivity index (χ2n) is 4.56. The highest BCUT2D eigenvalue weighted by Crippen LogP contribution is 2.27. The highest BCUT2D eigenvalue weighted by atomic mass is 32.1. The topological polar surface area (TPSA) is 43.1 Å². The number of rotatable bonds is 3. The number of hydrogen-bond acceptors (Lipinski definition) is 3. The molecular weight excluding hydrogens is 273 g/mol. The van der Waals surface area contributed by atoms with E-state index in [0.717, 1.165) is 15.6 Å². The fourth-order valence-corrected chi connectivity index (χ4v) is 3.18. The van der Waals surface area contributed by atoms with Gasteiger partial charge in [-0.3, -0.25) is 4.79 Å². The molecule has 0 atom stereocenters. The highest BCUT2D eigenvalue weighted by Gasteiger charge is 2.15. The maximum atomic E-state index is 13.4. The first kappa shape index (κ1) is 12.8. The Balaban J connectivity index is 1.95. The number of hydrogen-bond donors (Lipinski definition) is 1. The molecule has 100 valence electrons. The molecule has 1 aromatic heterocycles. The number of nitrogen functional groups attached to an aromatic ring is 1. The molecule has 20 heavy (non-hydrogen) atoms. The van der Waals surface area contributed by atoms with Crippen molar-refractivity contribution in [1.29, 1.82) is 0 Å². The molecule has 3 aromatic rings. The number of halogens is 1. The molecule has 0 aliphatic carbocycles. The monoisotopic (exact) mass is 285 g/mol. The predicted molar refractivity (Wildman–Crippen MR) is 80.7 cm³/mol. The summed E-state index contributed by atoms with van der Waals surface area (Å²) in [4.78, 5) is 12.3. The molecule has 3 rings (SSSR count). The molecule has 0 spiro atoms. The molecule has 0 saturated carbocycles. The van der Waals surface area contributed by atoms with Gasteiger partial charge in [0.15, 0.2) is 5.78 Å². The molecule has 0 unspecified atom stereocenters. The Morgan fingerprint density at radius 2 is 1.95 bits per heavy atom. The molecule has 0 radical (unpaired) electrons. The number of Topliss-reactive ketones (excluding diaryl/α,β-unsaturated/α-hetero) is 1. The summed E-state index contributed by atoms with van der Waals surface area (Å²) in [5.41, 5.74) is 6.77. The number of carbonyl (C=O) groups is 1. The van der Waals surface area contributed by atoms with E-state index in [-0.39, 0.29) is 23.5 Å².